The molecule has 1 unspecified atom stereocenters. The minimum Gasteiger partial charge on any atom is -0.351 e. The van der Waals surface area contributed by atoms with Crippen LogP contribution >= 0.6 is 0 Å². The van der Waals surface area contributed by atoms with Crippen LogP contribution < -0.4 is 10.6 Å². The fraction of sp³-hybridized carbons (Fsp3) is 0.350. The van der Waals surface area contributed by atoms with E-state index in [-0.39, 0.29) is 12.0 Å². The molecule has 0 radical (unpaired) electrons. The van der Waals surface area contributed by atoms with Crippen LogP contribution in [0.4, 0.5) is 0 Å². The predicted octanol–water partition coefficient (Wildman–Crippen LogP) is 2.63. The first-order valence-corrected chi connectivity index (χ1v) is 8.61. The molecule has 1 atom stereocenters. The van der Waals surface area contributed by atoms with E-state index in [0.29, 0.717) is 18.7 Å². The van der Waals surface area contributed by atoms with E-state index in [1.54, 1.807) is 17.2 Å². The van der Waals surface area contributed by atoms with Gasteiger partial charge in [-0.05, 0) is 37.7 Å². The van der Waals surface area contributed by atoms with E-state index in [1.807, 2.05) is 50.5 Å². The van der Waals surface area contributed by atoms with Crippen molar-refractivity contribution in [2.75, 3.05) is 33.7 Å². The molecule has 5 nitrogen and oxygen atoms in total. The highest BCUT2D eigenvalue weighted by Gasteiger charge is 2.14. The molecule has 2 aromatic rings. The van der Waals surface area contributed by atoms with Crippen molar-refractivity contribution in [1.29, 1.82) is 0 Å². The predicted molar refractivity (Wildman–Crippen MR) is 100 cm³/mol. The molecule has 2 N–H and O–H groups in total. The Balaban J connectivity index is 1.80. The van der Waals surface area contributed by atoms with Gasteiger partial charge in [0.15, 0.2) is 0 Å². The highest BCUT2D eigenvalue weighted by Crippen LogP contribution is 2.21. The van der Waals surface area contributed by atoms with Crippen molar-refractivity contribution in [2.24, 2.45) is 0 Å². The molecule has 134 valence electrons. The molecule has 0 aromatic heterocycles. The number of hydroxylamine groups is 2. The Bertz CT molecular complexity index is 619. The minimum atomic E-state index is -0.0659. The van der Waals surface area contributed by atoms with Crippen molar-refractivity contribution in [3.63, 3.8) is 0 Å². The second-order valence-electron chi connectivity index (χ2n) is 5.87. The number of likely N-dealkylation sites (N-methyl/N-ethyl adjacent to an activating group) is 1. The van der Waals surface area contributed by atoms with Crippen molar-refractivity contribution in [1.82, 2.24) is 15.7 Å². The number of rotatable bonds is 10. The Hall–Kier alpha value is -2.21. The van der Waals surface area contributed by atoms with Crippen LogP contribution in [0.5, 0.6) is 0 Å². The van der Waals surface area contributed by atoms with Gasteiger partial charge in [0.05, 0.1) is 0 Å². The zero-order chi connectivity index (χ0) is 17.9. The lowest BCUT2D eigenvalue weighted by Gasteiger charge is -2.25. The first-order valence-electron chi connectivity index (χ1n) is 8.61. The molecule has 2 rings (SSSR count). The number of carbonyl (C=O) groups is 1. The number of benzene rings is 2. The maximum atomic E-state index is 12.0. The van der Waals surface area contributed by atoms with Gasteiger partial charge in [-0.3, -0.25) is 9.63 Å². The maximum absolute atomic E-state index is 12.0. The van der Waals surface area contributed by atoms with Crippen LogP contribution in [0.2, 0.25) is 0 Å². The van der Waals surface area contributed by atoms with Crippen molar-refractivity contribution in [3.8, 4) is 0 Å². The van der Waals surface area contributed by atoms with Crippen LogP contribution in [-0.4, -0.2) is 44.7 Å². The van der Waals surface area contributed by atoms with Crippen LogP contribution in [0.25, 0.3) is 0 Å². The second-order valence-corrected chi connectivity index (χ2v) is 5.87. The molecule has 0 aliphatic rings. The van der Waals surface area contributed by atoms with Crippen LogP contribution in [-0.2, 0) is 4.84 Å². The SMILES string of the molecule is CNCCC(ON(C)CCNC(=O)c1ccccc1)c1ccccc1. The highest BCUT2D eigenvalue weighted by atomic mass is 16.7. The number of amides is 1. The Morgan fingerprint density at radius 3 is 2.32 bits per heavy atom. The van der Waals surface area contributed by atoms with Crippen LogP contribution in [0.3, 0.4) is 0 Å². The van der Waals surface area contributed by atoms with E-state index in [4.69, 9.17) is 4.84 Å². The van der Waals surface area contributed by atoms with Gasteiger partial charge in [-0.15, -0.1) is 0 Å². The first kappa shape index (κ1) is 19.1. The van der Waals surface area contributed by atoms with Gasteiger partial charge in [0, 0.05) is 25.7 Å². The normalized spacial score (nSPS) is 12.1. The molecule has 0 saturated heterocycles. The second kappa shape index (κ2) is 10.6. The van der Waals surface area contributed by atoms with Gasteiger partial charge in [0.1, 0.15) is 6.10 Å². The van der Waals surface area contributed by atoms with E-state index < -0.39 is 0 Å². The summed E-state index contributed by atoms with van der Waals surface area (Å²) in [5.74, 6) is -0.0659. The van der Waals surface area contributed by atoms with Crippen LogP contribution in [0.1, 0.15) is 28.4 Å². The average molecular weight is 341 g/mol. The topological polar surface area (TPSA) is 53.6 Å². The average Bonchev–Trinajstić information content (AvgIpc) is 2.66. The molecule has 0 fully saturated rings. The van der Waals surface area contributed by atoms with E-state index in [0.717, 1.165) is 18.5 Å². The highest BCUT2D eigenvalue weighted by molar-refractivity contribution is 5.94. The number of nitrogens with one attached hydrogen (secondary N) is 2. The summed E-state index contributed by atoms with van der Waals surface area (Å²) in [6, 6.07) is 19.4. The molecule has 0 aliphatic carbocycles. The molecule has 25 heavy (non-hydrogen) atoms. The van der Waals surface area contributed by atoms with Crippen LogP contribution in [0.15, 0.2) is 60.7 Å². The van der Waals surface area contributed by atoms with Crippen molar-refractivity contribution < 1.29 is 9.63 Å². The van der Waals surface area contributed by atoms with E-state index in [9.17, 15) is 4.79 Å². The fourth-order valence-electron chi connectivity index (χ4n) is 2.51. The zero-order valence-corrected chi connectivity index (χ0v) is 14.9. The molecule has 0 saturated carbocycles. The van der Waals surface area contributed by atoms with Gasteiger partial charge < -0.3 is 10.6 Å². The molecule has 0 spiro atoms. The lowest BCUT2D eigenvalue weighted by molar-refractivity contribution is -0.184. The maximum Gasteiger partial charge on any atom is 0.251 e. The fourth-order valence-corrected chi connectivity index (χ4v) is 2.51. The molecule has 1 amide bonds. The van der Waals surface area contributed by atoms with Crippen molar-refractivity contribution in [2.45, 2.75) is 12.5 Å². The third-order valence-electron chi connectivity index (χ3n) is 3.88. The van der Waals surface area contributed by atoms with Crippen molar-refractivity contribution >= 4 is 5.91 Å². The van der Waals surface area contributed by atoms with Crippen LogP contribution in [0, 0.1) is 0 Å². The van der Waals surface area contributed by atoms with E-state index in [2.05, 4.69) is 22.8 Å². The van der Waals surface area contributed by atoms with Gasteiger partial charge in [0.25, 0.3) is 5.91 Å². The summed E-state index contributed by atoms with van der Waals surface area (Å²) in [5.41, 5.74) is 1.82. The summed E-state index contributed by atoms with van der Waals surface area (Å²) in [4.78, 5) is 18.1. The third-order valence-corrected chi connectivity index (χ3v) is 3.88. The zero-order valence-electron chi connectivity index (χ0n) is 14.9. The van der Waals surface area contributed by atoms with Gasteiger partial charge in [-0.2, -0.15) is 5.06 Å². The third kappa shape index (κ3) is 6.66. The molecule has 5 heteroatoms. The molecular formula is C20H27N3O2. The standard InChI is InChI=1S/C20H27N3O2/c1-21-14-13-19(17-9-5-3-6-10-17)25-23(2)16-15-22-20(24)18-11-7-4-8-12-18/h3-12,19,21H,13-16H2,1-2H3,(H,22,24). The monoisotopic (exact) mass is 341 g/mol. The quantitative estimate of drug-likeness (QED) is 0.652. The summed E-state index contributed by atoms with van der Waals surface area (Å²) in [6.07, 6.45) is 0.866. The number of nitrogens with zero attached hydrogens (tertiary/aromatic N) is 1. The summed E-state index contributed by atoms with van der Waals surface area (Å²) in [5, 5.41) is 7.87. The molecule has 0 aliphatic heterocycles. The van der Waals surface area contributed by atoms with Gasteiger partial charge >= 0.3 is 0 Å². The smallest absolute Gasteiger partial charge is 0.251 e. The minimum absolute atomic E-state index is 0.0107. The lowest BCUT2D eigenvalue weighted by Crippen LogP contribution is -2.34. The van der Waals surface area contributed by atoms with Gasteiger partial charge in [-0.25, -0.2) is 0 Å². The Kier molecular flexibility index (Phi) is 8.12. The molecular weight excluding hydrogens is 314 g/mol. The van der Waals surface area contributed by atoms with Crippen molar-refractivity contribution in [3.05, 3.63) is 71.8 Å². The molecule has 2 aromatic carbocycles. The molecule has 0 heterocycles. The summed E-state index contributed by atoms with van der Waals surface area (Å²) in [7, 11) is 3.83. The number of hydrogen-bond donors (Lipinski definition) is 2. The van der Waals surface area contributed by atoms with E-state index >= 15 is 0 Å². The summed E-state index contributed by atoms with van der Waals surface area (Å²) >= 11 is 0. The van der Waals surface area contributed by atoms with E-state index in [1.165, 1.54) is 0 Å². The van der Waals surface area contributed by atoms with Gasteiger partial charge in [0.2, 0.25) is 0 Å². The Morgan fingerprint density at radius 1 is 1.04 bits per heavy atom. The summed E-state index contributed by atoms with van der Waals surface area (Å²) in [6.45, 7) is 2.01. The Labute approximate surface area is 149 Å². The largest absolute Gasteiger partial charge is 0.351 e. The Morgan fingerprint density at radius 2 is 1.68 bits per heavy atom. The number of hydrogen-bond acceptors (Lipinski definition) is 4. The lowest BCUT2D eigenvalue weighted by atomic mass is 10.1. The van der Waals surface area contributed by atoms with Gasteiger partial charge in [-0.1, -0.05) is 48.5 Å². The number of carbonyl (C=O) groups excluding carboxylic acids is 1. The first-order chi connectivity index (χ1) is 12.2. The molecule has 0 bridgehead atoms. The summed E-state index contributed by atoms with van der Waals surface area (Å²) < 4.78 is 0.